The van der Waals surface area contributed by atoms with Crippen molar-refractivity contribution in [2.45, 2.75) is 4.90 Å². The normalized spacial score (nSPS) is 11.1. The topological polar surface area (TPSA) is 72.5 Å². The van der Waals surface area contributed by atoms with E-state index in [1.165, 1.54) is 12.1 Å². The minimum atomic E-state index is -4.25. The van der Waals surface area contributed by atoms with E-state index in [-0.39, 0.29) is 16.3 Å². The summed E-state index contributed by atoms with van der Waals surface area (Å²) in [5.74, 6) is -2.82. The number of anilines is 1. The van der Waals surface area contributed by atoms with E-state index < -0.39 is 32.5 Å². The molecule has 5 nitrogen and oxygen atoms in total. The Labute approximate surface area is 135 Å². The van der Waals surface area contributed by atoms with Crippen molar-refractivity contribution >= 4 is 33.3 Å². The van der Waals surface area contributed by atoms with Crippen LogP contribution >= 0.6 is 11.6 Å². The molecular formula is C14H10ClF2NO4S. The van der Waals surface area contributed by atoms with E-state index >= 15 is 0 Å². The molecular weight excluding hydrogens is 352 g/mol. The van der Waals surface area contributed by atoms with Crippen LogP contribution < -0.4 is 4.72 Å². The van der Waals surface area contributed by atoms with Gasteiger partial charge in [0.25, 0.3) is 10.0 Å². The summed E-state index contributed by atoms with van der Waals surface area (Å²) in [5.41, 5.74) is -0.0701. The van der Waals surface area contributed by atoms with E-state index in [2.05, 4.69) is 9.46 Å². The van der Waals surface area contributed by atoms with Gasteiger partial charge in [0.1, 0.15) is 11.6 Å². The van der Waals surface area contributed by atoms with Crippen molar-refractivity contribution in [3.8, 4) is 0 Å². The molecule has 0 unspecified atom stereocenters. The number of carbonyl (C=O) groups is 1. The van der Waals surface area contributed by atoms with Crippen LogP contribution in [0.4, 0.5) is 14.5 Å². The van der Waals surface area contributed by atoms with E-state index in [1.807, 2.05) is 0 Å². The van der Waals surface area contributed by atoms with Crippen LogP contribution in [0.25, 0.3) is 0 Å². The van der Waals surface area contributed by atoms with Crippen molar-refractivity contribution in [2.24, 2.45) is 0 Å². The smallest absolute Gasteiger partial charge is 0.339 e. The van der Waals surface area contributed by atoms with Gasteiger partial charge in [-0.05, 0) is 30.3 Å². The van der Waals surface area contributed by atoms with E-state index in [4.69, 9.17) is 11.6 Å². The maximum Gasteiger partial charge on any atom is 0.339 e. The third kappa shape index (κ3) is 3.96. The zero-order valence-electron chi connectivity index (χ0n) is 11.6. The summed E-state index contributed by atoms with van der Waals surface area (Å²) in [6, 6.07) is 5.63. The van der Waals surface area contributed by atoms with Crippen molar-refractivity contribution in [1.82, 2.24) is 0 Å². The molecule has 0 atom stereocenters. The van der Waals surface area contributed by atoms with Crippen LogP contribution in [-0.4, -0.2) is 21.5 Å². The molecule has 0 fully saturated rings. The van der Waals surface area contributed by atoms with Crippen LogP contribution in [0.3, 0.4) is 0 Å². The fourth-order valence-electron chi connectivity index (χ4n) is 1.75. The fraction of sp³-hybridized carbons (Fsp3) is 0.0714. The third-order valence-corrected chi connectivity index (χ3v) is 4.46. The highest BCUT2D eigenvalue weighted by Gasteiger charge is 2.18. The number of sulfonamides is 1. The van der Waals surface area contributed by atoms with Crippen LogP contribution in [0.2, 0.25) is 5.02 Å². The van der Waals surface area contributed by atoms with Gasteiger partial charge >= 0.3 is 5.97 Å². The van der Waals surface area contributed by atoms with E-state index in [9.17, 15) is 22.0 Å². The van der Waals surface area contributed by atoms with Gasteiger partial charge < -0.3 is 4.74 Å². The van der Waals surface area contributed by atoms with Gasteiger partial charge in [0.05, 0.1) is 22.6 Å². The number of esters is 1. The molecule has 0 aromatic heterocycles. The monoisotopic (exact) mass is 361 g/mol. The molecule has 0 saturated heterocycles. The molecule has 0 heterocycles. The molecule has 2 aromatic rings. The van der Waals surface area contributed by atoms with Gasteiger partial charge in [0.15, 0.2) is 0 Å². The number of carbonyl (C=O) groups excluding carboxylic acids is 1. The lowest BCUT2D eigenvalue weighted by Gasteiger charge is -2.10. The van der Waals surface area contributed by atoms with Crippen LogP contribution in [0.1, 0.15) is 10.4 Å². The molecule has 0 aliphatic carbocycles. The second kappa shape index (κ2) is 6.51. The standard InChI is InChI=1S/C14H10ClF2NO4S/c1-22-14(19)12-7-10(2-3-13(12)15)18-23(20,21)11-5-8(16)4-9(17)6-11/h2-7,18H,1H3. The average molecular weight is 362 g/mol. The van der Waals surface area contributed by atoms with Crippen molar-refractivity contribution < 1.29 is 26.7 Å². The second-order valence-electron chi connectivity index (χ2n) is 4.40. The van der Waals surface area contributed by atoms with Gasteiger partial charge in [-0.25, -0.2) is 22.0 Å². The maximum atomic E-state index is 13.2. The number of methoxy groups -OCH3 is 1. The zero-order valence-corrected chi connectivity index (χ0v) is 13.2. The lowest BCUT2D eigenvalue weighted by molar-refractivity contribution is 0.0601. The minimum Gasteiger partial charge on any atom is -0.465 e. The molecule has 0 aliphatic heterocycles. The Morgan fingerprint density at radius 1 is 1.13 bits per heavy atom. The molecule has 0 radical (unpaired) electrons. The van der Waals surface area contributed by atoms with E-state index in [1.54, 1.807) is 0 Å². The number of rotatable bonds is 4. The summed E-state index contributed by atoms with van der Waals surface area (Å²) in [5, 5.41) is 0.0663. The van der Waals surface area contributed by atoms with Gasteiger partial charge in [0.2, 0.25) is 0 Å². The molecule has 1 N–H and O–H groups in total. The Kier molecular flexibility index (Phi) is 4.86. The second-order valence-corrected chi connectivity index (χ2v) is 6.49. The zero-order chi connectivity index (χ0) is 17.2. The molecule has 0 bridgehead atoms. The lowest BCUT2D eigenvalue weighted by atomic mass is 10.2. The molecule has 0 saturated carbocycles. The first kappa shape index (κ1) is 17.2. The Morgan fingerprint density at radius 2 is 1.74 bits per heavy atom. The number of benzene rings is 2. The quantitative estimate of drug-likeness (QED) is 0.849. The summed E-state index contributed by atoms with van der Waals surface area (Å²) in [7, 11) is -3.10. The fourth-order valence-corrected chi connectivity index (χ4v) is 3.04. The van der Waals surface area contributed by atoms with Crippen molar-refractivity contribution in [3.63, 3.8) is 0 Å². The number of hydrogen-bond acceptors (Lipinski definition) is 4. The molecule has 2 aromatic carbocycles. The maximum absolute atomic E-state index is 13.2. The lowest BCUT2D eigenvalue weighted by Crippen LogP contribution is -2.14. The Hall–Kier alpha value is -2.19. The highest BCUT2D eigenvalue weighted by molar-refractivity contribution is 7.92. The Bertz CT molecular complexity index is 851. The average Bonchev–Trinajstić information content (AvgIpc) is 2.47. The van der Waals surface area contributed by atoms with Crippen LogP contribution in [-0.2, 0) is 14.8 Å². The van der Waals surface area contributed by atoms with Crippen LogP contribution in [0.15, 0.2) is 41.3 Å². The predicted molar refractivity (Wildman–Crippen MR) is 80.0 cm³/mol. The van der Waals surface area contributed by atoms with Gasteiger partial charge in [-0.2, -0.15) is 0 Å². The van der Waals surface area contributed by atoms with Crippen LogP contribution in [0, 0.1) is 11.6 Å². The summed E-state index contributed by atoms with van der Waals surface area (Å²) in [4.78, 5) is 10.9. The summed E-state index contributed by atoms with van der Waals surface area (Å²) in [6.07, 6.45) is 0. The predicted octanol–water partition coefficient (Wildman–Crippen LogP) is 3.21. The first-order chi connectivity index (χ1) is 10.7. The summed E-state index contributed by atoms with van der Waals surface area (Å²) in [6.45, 7) is 0. The highest BCUT2D eigenvalue weighted by Crippen LogP contribution is 2.24. The largest absolute Gasteiger partial charge is 0.465 e. The van der Waals surface area contributed by atoms with Crippen molar-refractivity contribution in [3.05, 3.63) is 58.6 Å². The van der Waals surface area contributed by atoms with Gasteiger partial charge in [0, 0.05) is 11.8 Å². The Morgan fingerprint density at radius 3 is 2.30 bits per heavy atom. The minimum absolute atomic E-state index is 0.0144. The number of hydrogen-bond donors (Lipinski definition) is 1. The molecule has 2 rings (SSSR count). The molecule has 0 amide bonds. The summed E-state index contributed by atoms with van der Waals surface area (Å²) < 4.78 is 57.2. The number of nitrogens with one attached hydrogen (secondary N) is 1. The SMILES string of the molecule is COC(=O)c1cc(NS(=O)(=O)c2cc(F)cc(F)c2)ccc1Cl. The van der Waals surface area contributed by atoms with E-state index in [0.717, 1.165) is 13.2 Å². The highest BCUT2D eigenvalue weighted by atomic mass is 35.5. The van der Waals surface area contributed by atoms with Crippen molar-refractivity contribution in [2.75, 3.05) is 11.8 Å². The number of ether oxygens (including phenoxy) is 1. The van der Waals surface area contributed by atoms with Crippen molar-refractivity contribution in [1.29, 1.82) is 0 Å². The first-order valence-electron chi connectivity index (χ1n) is 6.10. The van der Waals surface area contributed by atoms with Crippen LogP contribution in [0.5, 0.6) is 0 Å². The third-order valence-electron chi connectivity index (χ3n) is 2.77. The van der Waals surface area contributed by atoms with Gasteiger partial charge in [-0.15, -0.1) is 0 Å². The summed E-state index contributed by atoms with van der Waals surface area (Å²) >= 11 is 5.82. The molecule has 0 spiro atoms. The molecule has 0 aliphatic rings. The molecule has 9 heteroatoms. The molecule has 122 valence electrons. The molecule has 23 heavy (non-hydrogen) atoms. The van der Waals surface area contributed by atoms with Gasteiger partial charge in [-0.1, -0.05) is 11.6 Å². The van der Waals surface area contributed by atoms with Gasteiger partial charge in [-0.3, -0.25) is 4.72 Å². The number of halogens is 3. The van der Waals surface area contributed by atoms with E-state index in [0.29, 0.717) is 18.2 Å². The first-order valence-corrected chi connectivity index (χ1v) is 7.96. The Balaban J connectivity index is 2.39.